The van der Waals surface area contributed by atoms with E-state index in [2.05, 4.69) is 10.6 Å². The fourth-order valence-electron chi connectivity index (χ4n) is 3.96. The molecule has 9 nitrogen and oxygen atoms in total. The lowest BCUT2D eigenvalue weighted by Gasteiger charge is -2.31. The van der Waals surface area contributed by atoms with E-state index in [0.29, 0.717) is 42.8 Å². The second-order valence-electron chi connectivity index (χ2n) is 8.40. The van der Waals surface area contributed by atoms with Crippen LogP contribution in [0.3, 0.4) is 0 Å². The number of hydrogen-bond donors (Lipinski definition) is 3. The number of nitrogens with two attached hydrogens (primary N) is 1. The zero-order chi connectivity index (χ0) is 25.7. The zero-order valence-corrected chi connectivity index (χ0v) is 21.4. The first-order valence-corrected chi connectivity index (χ1v) is 13.7. The van der Waals surface area contributed by atoms with Gasteiger partial charge >= 0.3 is 0 Å². The molecule has 1 saturated heterocycles. The minimum atomic E-state index is -3.61. The largest absolute Gasteiger partial charge is 0.497 e. The van der Waals surface area contributed by atoms with E-state index in [-0.39, 0.29) is 22.7 Å². The van der Waals surface area contributed by atoms with Crippen LogP contribution in [0.2, 0.25) is 0 Å². The van der Waals surface area contributed by atoms with Crippen molar-refractivity contribution in [3.63, 3.8) is 0 Å². The van der Waals surface area contributed by atoms with Gasteiger partial charge in [0.05, 0.1) is 13.7 Å². The number of benzene rings is 2. The topological polar surface area (TPSA) is 131 Å². The SMILES string of the molecule is COc1cccc(C(=O)NCc2ccc(S(=O)(=O)N3CCC(Nc4ccc(C(N)=O)cc4)CC3)s2)c1. The van der Waals surface area contributed by atoms with Gasteiger partial charge in [-0.25, -0.2) is 8.42 Å². The van der Waals surface area contributed by atoms with E-state index in [9.17, 15) is 18.0 Å². The third kappa shape index (κ3) is 6.04. The van der Waals surface area contributed by atoms with Gasteiger partial charge in [-0.1, -0.05) is 6.07 Å². The highest BCUT2D eigenvalue weighted by atomic mass is 32.2. The Kier molecular flexibility index (Phi) is 7.92. The highest BCUT2D eigenvalue weighted by Gasteiger charge is 2.30. The van der Waals surface area contributed by atoms with Crippen molar-refractivity contribution in [1.82, 2.24) is 9.62 Å². The van der Waals surface area contributed by atoms with Gasteiger partial charge in [0.15, 0.2) is 0 Å². The fourth-order valence-corrected chi connectivity index (χ4v) is 6.88. The molecule has 0 radical (unpaired) electrons. The van der Waals surface area contributed by atoms with E-state index in [1.54, 1.807) is 60.7 Å². The lowest BCUT2D eigenvalue weighted by atomic mass is 10.1. The molecule has 2 amide bonds. The number of amides is 2. The molecular formula is C25H28N4O5S2. The molecule has 0 spiro atoms. The van der Waals surface area contributed by atoms with E-state index in [1.807, 2.05) is 0 Å². The molecule has 1 aliphatic rings. The van der Waals surface area contributed by atoms with E-state index in [4.69, 9.17) is 10.5 Å². The summed E-state index contributed by atoms with van der Waals surface area (Å²) >= 11 is 1.16. The highest BCUT2D eigenvalue weighted by Crippen LogP contribution is 2.28. The molecular weight excluding hydrogens is 500 g/mol. The number of anilines is 1. The van der Waals surface area contributed by atoms with Gasteiger partial charge in [0, 0.05) is 40.8 Å². The average molecular weight is 529 g/mol. The number of methoxy groups -OCH3 is 1. The average Bonchev–Trinajstić information content (AvgIpc) is 3.38. The van der Waals surface area contributed by atoms with Crippen LogP contribution in [0.5, 0.6) is 5.75 Å². The summed E-state index contributed by atoms with van der Waals surface area (Å²) in [5, 5.41) is 6.21. The molecule has 1 aromatic heterocycles. The lowest BCUT2D eigenvalue weighted by Crippen LogP contribution is -2.42. The van der Waals surface area contributed by atoms with Crippen LogP contribution in [0, 0.1) is 0 Å². The first-order chi connectivity index (χ1) is 17.3. The van der Waals surface area contributed by atoms with E-state index in [1.165, 1.54) is 11.4 Å². The number of piperidine rings is 1. The predicted octanol–water partition coefficient (Wildman–Crippen LogP) is 3.05. The van der Waals surface area contributed by atoms with Crippen LogP contribution < -0.4 is 21.1 Å². The van der Waals surface area contributed by atoms with Crippen molar-refractivity contribution < 1.29 is 22.7 Å². The smallest absolute Gasteiger partial charge is 0.252 e. The van der Waals surface area contributed by atoms with Crippen molar-refractivity contribution in [2.45, 2.75) is 29.6 Å². The Hall–Kier alpha value is -3.41. The number of ether oxygens (including phenoxy) is 1. The van der Waals surface area contributed by atoms with Crippen molar-refractivity contribution in [2.75, 3.05) is 25.5 Å². The van der Waals surface area contributed by atoms with Crippen LogP contribution in [0.25, 0.3) is 0 Å². The maximum absolute atomic E-state index is 13.2. The zero-order valence-electron chi connectivity index (χ0n) is 19.8. The van der Waals surface area contributed by atoms with Crippen LogP contribution in [-0.2, 0) is 16.6 Å². The molecule has 0 aliphatic carbocycles. The highest BCUT2D eigenvalue weighted by molar-refractivity contribution is 7.91. The van der Waals surface area contributed by atoms with Crippen LogP contribution in [0.4, 0.5) is 5.69 Å². The second-order valence-corrected chi connectivity index (χ2v) is 11.7. The number of carbonyl (C=O) groups is 2. The fraction of sp³-hybridized carbons (Fsp3) is 0.280. The van der Waals surface area contributed by atoms with Gasteiger partial charge in [-0.05, 0) is 67.4 Å². The summed E-state index contributed by atoms with van der Waals surface area (Å²) in [6, 6.07) is 17.2. The summed E-state index contributed by atoms with van der Waals surface area (Å²) < 4.78 is 33.3. The Morgan fingerprint density at radius 1 is 1.06 bits per heavy atom. The molecule has 0 bridgehead atoms. The van der Waals surface area contributed by atoms with Crippen LogP contribution in [0.15, 0.2) is 64.9 Å². The van der Waals surface area contributed by atoms with Gasteiger partial charge in [0.1, 0.15) is 9.96 Å². The van der Waals surface area contributed by atoms with Crippen molar-refractivity contribution in [2.24, 2.45) is 5.73 Å². The molecule has 2 heterocycles. The summed E-state index contributed by atoms with van der Waals surface area (Å²) in [5.74, 6) is -0.145. The summed E-state index contributed by atoms with van der Waals surface area (Å²) in [4.78, 5) is 24.4. The summed E-state index contributed by atoms with van der Waals surface area (Å²) in [5.41, 5.74) is 7.05. The van der Waals surface area contributed by atoms with Gasteiger partial charge < -0.3 is 21.1 Å². The van der Waals surface area contributed by atoms with E-state index >= 15 is 0 Å². The lowest BCUT2D eigenvalue weighted by molar-refractivity contribution is 0.0949. The molecule has 36 heavy (non-hydrogen) atoms. The minimum absolute atomic E-state index is 0.126. The second kappa shape index (κ2) is 11.1. The van der Waals surface area contributed by atoms with Crippen LogP contribution in [0.1, 0.15) is 38.4 Å². The molecule has 4 rings (SSSR count). The van der Waals surface area contributed by atoms with Crippen molar-refractivity contribution in [3.05, 3.63) is 76.7 Å². The Morgan fingerprint density at radius 2 is 1.78 bits per heavy atom. The van der Waals surface area contributed by atoms with Gasteiger partial charge in [-0.15, -0.1) is 11.3 Å². The van der Waals surface area contributed by atoms with Crippen LogP contribution in [-0.4, -0.2) is 50.8 Å². The van der Waals surface area contributed by atoms with Crippen molar-refractivity contribution in [1.29, 1.82) is 0 Å². The maximum atomic E-state index is 13.2. The summed E-state index contributed by atoms with van der Waals surface area (Å²) in [6.45, 7) is 1.04. The number of carbonyl (C=O) groups excluding carboxylic acids is 2. The molecule has 3 aromatic rings. The van der Waals surface area contributed by atoms with Crippen molar-refractivity contribution >= 4 is 38.9 Å². The molecule has 1 aliphatic heterocycles. The summed E-state index contributed by atoms with van der Waals surface area (Å²) in [6.07, 6.45) is 1.32. The number of hydrogen-bond acceptors (Lipinski definition) is 7. The van der Waals surface area contributed by atoms with E-state index < -0.39 is 15.9 Å². The first kappa shape index (κ1) is 25.7. The monoisotopic (exact) mass is 528 g/mol. The molecule has 4 N–H and O–H groups in total. The van der Waals surface area contributed by atoms with Gasteiger partial charge in [0.25, 0.3) is 15.9 Å². The Morgan fingerprint density at radius 3 is 2.44 bits per heavy atom. The molecule has 11 heteroatoms. The standard InChI is InChI=1S/C25H28N4O5S2/c1-34-21-4-2-3-18(15-21)25(31)27-16-22-9-10-23(35-22)36(32,33)29-13-11-20(12-14-29)28-19-7-5-17(6-8-19)24(26)30/h2-10,15,20,28H,11-14,16H2,1H3,(H2,26,30)(H,27,31). The number of sulfonamides is 1. The Bertz CT molecular complexity index is 1330. The van der Waals surface area contributed by atoms with Crippen LogP contribution >= 0.6 is 11.3 Å². The first-order valence-electron chi connectivity index (χ1n) is 11.4. The van der Waals surface area contributed by atoms with Gasteiger partial charge in [-0.2, -0.15) is 4.31 Å². The molecule has 0 saturated carbocycles. The molecule has 1 fully saturated rings. The third-order valence-electron chi connectivity index (χ3n) is 5.98. The molecule has 0 unspecified atom stereocenters. The predicted molar refractivity (Wildman–Crippen MR) is 139 cm³/mol. The maximum Gasteiger partial charge on any atom is 0.252 e. The minimum Gasteiger partial charge on any atom is -0.497 e. The quantitative estimate of drug-likeness (QED) is 0.391. The number of nitrogens with zero attached hydrogens (tertiary/aromatic N) is 1. The summed E-state index contributed by atoms with van der Waals surface area (Å²) in [7, 11) is -2.07. The molecule has 0 atom stereocenters. The number of rotatable bonds is 9. The third-order valence-corrected chi connectivity index (χ3v) is 9.43. The molecule has 2 aromatic carbocycles. The normalized spacial score (nSPS) is 14.8. The molecule has 190 valence electrons. The Labute approximate surface area is 214 Å². The van der Waals surface area contributed by atoms with Gasteiger partial charge in [0.2, 0.25) is 5.91 Å². The van der Waals surface area contributed by atoms with E-state index in [0.717, 1.165) is 21.9 Å². The number of nitrogens with one attached hydrogen (secondary N) is 2. The number of primary amides is 1. The van der Waals surface area contributed by atoms with Gasteiger partial charge in [-0.3, -0.25) is 9.59 Å². The number of thiophene rings is 1. The van der Waals surface area contributed by atoms with Crippen molar-refractivity contribution in [3.8, 4) is 5.75 Å². The Balaban J connectivity index is 1.30.